The van der Waals surface area contributed by atoms with E-state index in [9.17, 15) is 0 Å². The SMILES string of the molecule is CCSc1ccc(-c2csc(NC)n2)cc1. The standard InChI is InChI=1S/C12H14N2S2/c1-3-15-10-6-4-9(5-7-10)11-8-16-12(13-2)14-11/h4-8H,3H2,1-2H3,(H,13,14). The monoisotopic (exact) mass is 250 g/mol. The van der Waals surface area contributed by atoms with Crippen molar-refractivity contribution in [1.82, 2.24) is 4.98 Å². The maximum absolute atomic E-state index is 4.48. The van der Waals surface area contributed by atoms with Crippen molar-refractivity contribution in [2.75, 3.05) is 18.1 Å². The molecule has 0 bridgehead atoms. The molecule has 0 unspecified atom stereocenters. The van der Waals surface area contributed by atoms with Crippen molar-refractivity contribution < 1.29 is 0 Å². The second kappa shape index (κ2) is 5.37. The van der Waals surface area contributed by atoms with Crippen molar-refractivity contribution in [2.45, 2.75) is 11.8 Å². The first-order chi connectivity index (χ1) is 7.83. The molecule has 1 heterocycles. The predicted molar refractivity (Wildman–Crippen MR) is 73.5 cm³/mol. The molecule has 0 spiro atoms. The molecule has 0 fully saturated rings. The number of thioether (sulfide) groups is 1. The van der Waals surface area contributed by atoms with Crippen molar-refractivity contribution in [3.63, 3.8) is 0 Å². The second-order valence-electron chi connectivity index (χ2n) is 3.25. The molecule has 1 N–H and O–H groups in total. The zero-order valence-electron chi connectivity index (χ0n) is 9.36. The lowest BCUT2D eigenvalue weighted by molar-refractivity contribution is 1.35. The summed E-state index contributed by atoms with van der Waals surface area (Å²) < 4.78 is 0. The first-order valence-corrected chi connectivity index (χ1v) is 7.06. The Morgan fingerprint density at radius 1 is 1.31 bits per heavy atom. The van der Waals surface area contributed by atoms with Crippen LogP contribution in [0, 0.1) is 0 Å². The first kappa shape index (κ1) is 11.5. The molecule has 0 saturated heterocycles. The highest BCUT2D eigenvalue weighted by atomic mass is 32.2. The van der Waals surface area contributed by atoms with Crippen LogP contribution in [0.3, 0.4) is 0 Å². The topological polar surface area (TPSA) is 24.9 Å². The van der Waals surface area contributed by atoms with E-state index < -0.39 is 0 Å². The van der Waals surface area contributed by atoms with Gasteiger partial charge in [-0.2, -0.15) is 0 Å². The lowest BCUT2D eigenvalue weighted by atomic mass is 10.2. The zero-order chi connectivity index (χ0) is 11.4. The number of benzene rings is 1. The van der Waals surface area contributed by atoms with Crippen LogP contribution in [-0.2, 0) is 0 Å². The summed E-state index contributed by atoms with van der Waals surface area (Å²) in [6.45, 7) is 2.16. The smallest absolute Gasteiger partial charge is 0.182 e. The Bertz CT molecular complexity index is 448. The highest BCUT2D eigenvalue weighted by Gasteiger charge is 2.03. The minimum absolute atomic E-state index is 0.960. The zero-order valence-corrected chi connectivity index (χ0v) is 11.0. The van der Waals surface area contributed by atoms with Crippen LogP contribution >= 0.6 is 23.1 Å². The number of hydrogen-bond donors (Lipinski definition) is 1. The number of aromatic nitrogens is 1. The normalized spacial score (nSPS) is 10.4. The van der Waals surface area contributed by atoms with Crippen LogP contribution in [0.5, 0.6) is 0 Å². The molecule has 2 nitrogen and oxygen atoms in total. The third-order valence-corrected chi connectivity index (χ3v) is 3.93. The summed E-state index contributed by atoms with van der Waals surface area (Å²) in [5.74, 6) is 1.11. The van der Waals surface area contributed by atoms with Crippen molar-refractivity contribution in [1.29, 1.82) is 0 Å². The van der Waals surface area contributed by atoms with Crippen LogP contribution < -0.4 is 5.32 Å². The van der Waals surface area contributed by atoms with Crippen LogP contribution in [0.1, 0.15) is 6.92 Å². The molecule has 0 saturated carbocycles. The molecule has 0 amide bonds. The molecule has 0 radical (unpaired) electrons. The van der Waals surface area contributed by atoms with Gasteiger partial charge in [-0.15, -0.1) is 23.1 Å². The Morgan fingerprint density at radius 3 is 2.62 bits per heavy atom. The summed E-state index contributed by atoms with van der Waals surface area (Å²) in [6, 6.07) is 8.57. The number of thiazole rings is 1. The molecule has 1 aromatic carbocycles. The van der Waals surface area contributed by atoms with Gasteiger partial charge in [-0.1, -0.05) is 19.1 Å². The lowest BCUT2D eigenvalue weighted by Crippen LogP contribution is -1.86. The maximum atomic E-state index is 4.48. The van der Waals surface area contributed by atoms with Crippen molar-refractivity contribution in [2.24, 2.45) is 0 Å². The minimum Gasteiger partial charge on any atom is -0.365 e. The Kier molecular flexibility index (Phi) is 3.85. The quantitative estimate of drug-likeness (QED) is 0.831. The molecule has 16 heavy (non-hydrogen) atoms. The second-order valence-corrected chi connectivity index (χ2v) is 5.44. The highest BCUT2D eigenvalue weighted by Crippen LogP contribution is 2.26. The molecular weight excluding hydrogens is 236 g/mol. The number of rotatable bonds is 4. The minimum atomic E-state index is 0.960. The van der Waals surface area contributed by atoms with E-state index in [1.165, 1.54) is 10.5 Å². The van der Waals surface area contributed by atoms with Gasteiger partial charge >= 0.3 is 0 Å². The fraction of sp³-hybridized carbons (Fsp3) is 0.250. The van der Waals surface area contributed by atoms with Gasteiger partial charge in [-0.25, -0.2) is 4.98 Å². The summed E-state index contributed by atoms with van der Waals surface area (Å²) in [5, 5.41) is 6.09. The van der Waals surface area contributed by atoms with Crippen LogP contribution in [0.25, 0.3) is 11.3 Å². The number of anilines is 1. The molecule has 0 aliphatic heterocycles. The van der Waals surface area contributed by atoms with Gasteiger partial charge in [0, 0.05) is 22.9 Å². The molecule has 2 rings (SSSR count). The Hall–Kier alpha value is -1.00. The predicted octanol–water partition coefficient (Wildman–Crippen LogP) is 3.96. The van der Waals surface area contributed by atoms with E-state index in [0.717, 1.165) is 16.6 Å². The highest BCUT2D eigenvalue weighted by molar-refractivity contribution is 7.99. The van der Waals surface area contributed by atoms with Gasteiger partial charge in [0.2, 0.25) is 0 Å². The average molecular weight is 250 g/mol. The number of nitrogens with one attached hydrogen (secondary N) is 1. The summed E-state index contributed by atoms with van der Waals surface area (Å²) in [5.41, 5.74) is 2.22. The molecule has 0 aliphatic carbocycles. The van der Waals surface area contributed by atoms with E-state index in [-0.39, 0.29) is 0 Å². The van der Waals surface area contributed by atoms with Gasteiger partial charge in [0.1, 0.15) is 0 Å². The largest absolute Gasteiger partial charge is 0.365 e. The van der Waals surface area contributed by atoms with Crippen LogP contribution in [0.2, 0.25) is 0 Å². The van der Waals surface area contributed by atoms with E-state index >= 15 is 0 Å². The Balaban J connectivity index is 2.20. The maximum Gasteiger partial charge on any atom is 0.182 e. The third kappa shape index (κ3) is 2.57. The average Bonchev–Trinajstić information content (AvgIpc) is 2.79. The van der Waals surface area contributed by atoms with Crippen molar-refractivity contribution in [3.8, 4) is 11.3 Å². The summed E-state index contributed by atoms with van der Waals surface area (Å²) >= 11 is 3.49. The summed E-state index contributed by atoms with van der Waals surface area (Å²) in [4.78, 5) is 5.79. The molecule has 0 atom stereocenters. The van der Waals surface area contributed by atoms with Crippen molar-refractivity contribution in [3.05, 3.63) is 29.6 Å². The Morgan fingerprint density at radius 2 is 2.06 bits per heavy atom. The van der Waals surface area contributed by atoms with Crippen LogP contribution in [0.4, 0.5) is 5.13 Å². The van der Waals surface area contributed by atoms with E-state index in [2.05, 4.69) is 46.9 Å². The summed E-state index contributed by atoms with van der Waals surface area (Å²) in [7, 11) is 1.89. The van der Waals surface area contributed by atoms with E-state index in [1.807, 2.05) is 18.8 Å². The van der Waals surface area contributed by atoms with Gasteiger partial charge in [0.05, 0.1) is 5.69 Å². The van der Waals surface area contributed by atoms with E-state index in [4.69, 9.17) is 0 Å². The fourth-order valence-electron chi connectivity index (χ4n) is 1.41. The molecule has 4 heteroatoms. The van der Waals surface area contributed by atoms with Gasteiger partial charge in [0.25, 0.3) is 0 Å². The van der Waals surface area contributed by atoms with Crippen LogP contribution in [-0.4, -0.2) is 17.8 Å². The molecule has 1 aromatic heterocycles. The fourth-order valence-corrected chi connectivity index (χ4v) is 2.75. The van der Waals surface area contributed by atoms with Crippen molar-refractivity contribution >= 4 is 28.2 Å². The van der Waals surface area contributed by atoms with Gasteiger partial charge in [0.15, 0.2) is 5.13 Å². The van der Waals surface area contributed by atoms with E-state index in [1.54, 1.807) is 11.3 Å². The number of hydrogen-bond acceptors (Lipinski definition) is 4. The molecule has 2 aromatic rings. The number of nitrogens with zero attached hydrogens (tertiary/aromatic N) is 1. The lowest BCUT2D eigenvalue weighted by Gasteiger charge is -2.00. The van der Waals surface area contributed by atoms with E-state index in [0.29, 0.717) is 0 Å². The van der Waals surface area contributed by atoms with Gasteiger partial charge in [-0.05, 0) is 17.9 Å². The molecular formula is C12H14N2S2. The van der Waals surface area contributed by atoms with Gasteiger partial charge < -0.3 is 5.32 Å². The first-order valence-electron chi connectivity index (χ1n) is 5.20. The molecule has 84 valence electrons. The molecule has 0 aliphatic rings. The third-order valence-electron chi connectivity index (χ3n) is 2.18. The summed E-state index contributed by atoms with van der Waals surface area (Å²) in [6.07, 6.45) is 0. The Labute approximate surface area is 104 Å². The van der Waals surface area contributed by atoms with Gasteiger partial charge in [-0.3, -0.25) is 0 Å². The van der Waals surface area contributed by atoms with Crippen LogP contribution in [0.15, 0.2) is 34.5 Å².